The smallest absolute Gasteiger partial charge is 0.229 e. The maximum Gasteiger partial charge on any atom is 0.229 e. The number of anilines is 1. The molecule has 1 spiro atoms. The lowest BCUT2D eigenvalue weighted by atomic mass is 9.71. The first kappa shape index (κ1) is 19.4. The predicted molar refractivity (Wildman–Crippen MR) is 129 cm³/mol. The summed E-state index contributed by atoms with van der Waals surface area (Å²) in [4.78, 5) is 26.3. The molecule has 2 saturated heterocycles. The minimum absolute atomic E-state index is 0.211. The van der Waals surface area contributed by atoms with Crippen LogP contribution in [0.4, 0.5) is 5.82 Å². The number of nitrogens with one attached hydrogen (secondary N) is 1. The van der Waals surface area contributed by atoms with Crippen molar-refractivity contribution in [3.8, 4) is 0 Å². The molecular weight excluding hydrogens is 396 g/mol. The Morgan fingerprint density at radius 1 is 0.906 bits per heavy atom. The Balaban J connectivity index is 1.18. The van der Waals surface area contributed by atoms with Crippen LogP contribution in [0.1, 0.15) is 31.2 Å². The van der Waals surface area contributed by atoms with Gasteiger partial charge in [0.2, 0.25) is 5.91 Å². The molecule has 162 valence electrons. The topological polar surface area (TPSA) is 52.2 Å². The maximum atomic E-state index is 13.7. The summed E-state index contributed by atoms with van der Waals surface area (Å²) >= 11 is 0. The second-order valence-corrected chi connectivity index (χ2v) is 9.32. The number of benzene rings is 2. The Morgan fingerprint density at radius 3 is 2.62 bits per heavy atom. The summed E-state index contributed by atoms with van der Waals surface area (Å²) in [6.45, 7) is 3.33. The van der Waals surface area contributed by atoms with Crippen molar-refractivity contribution in [2.45, 2.75) is 32.2 Å². The van der Waals surface area contributed by atoms with Crippen molar-refractivity contribution in [3.63, 3.8) is 0 Å². The van der Waals surface area contributed by atoms with E-state index in [2.05, 4.69) is 63.4 Å². The van der Waals surface area contributed by atoms with Gasteiger partial charge in [-0.15, -0.1) is 0 Å². The van der Waals surface area contributed by atoms with Crippen molar-refractivity contribution in [1.29, 1.82) is 0 Å². The summed E-state index contributed by atoms with van der Waals surface area (Å²) in [5.74, 6) is 1.37. The number of rotatable bonds is 3. The van der Waals surface area contributed by atoms with Gasteiger partial charge in [-0.25, -0.2) is 4.98 Å². The zero-order valence-electron chi connectivity index (χ0n) is 18.3. The standard InChI is InChI=1S/C27H28N4O/c32-26-27(12-5-15-31(26)19-21-18-28-24-9-4-2-7-22(21)24)13-16-30(17-14-27)25-11-10-20-6-1-3-8-23(20)29-25/h1-4,6-11,18,28H,5,12-17,19H2. The number of carbonyl (C=O) groups excluding carboxylic acids is 1. The van der Waals surface area contributed by atoms with E-state index in [1.54, 1.807) is 0 Å². The van der Waals surface area contributed by atoms with Crippen molar-refractivity contribution < 1.29 is 4.79 Å². The number of H-pyrrole nitrogens is 1. The largest absolute Gasteiger partial charge is 0.361 e. The van der Waals surface area contributed by atoms with E-state index >= 15 is 0 Å². The van der Waals surface area contributed by atoms with Gasteiger partial charge in [-0.3, -0.25) is 4.79 Å². The molecule has 0 aliphatic carbocycles. The average Bonchev–Trinajstić information content (AvgIpc) is 3.25. The molecule has 32 heavy (non-hydrogen) atoms. The van der Waals surface area contributed by atoms with Crippen LogP contribution in [-0.2, 0) is 11.3 Å². The fraction of sp³-hybridized carbons (Fsp3) is 0.333. The van der Waals surface area contributed by atoms with Crippen molar-refractivity contribution >= 4 is 33.5 Å². The quantitative estimate of drug-likeness (QED) is 0.496. The molecule has 2 aliphatic rings. The van der Waals surface area contributed by atoms with Crippen LogP contribution in [0.25, 0.3) is 21.8 Å². The summed E-state index contributed by atoms with van der Waals surface area (Å²) in [6, 6.07) is 20.9. The van der Waals surface area contributed by atoms with Crippen LogP contribution < -0.4 is 4.90 Å². The van der Waals surface area contributed by atoms with E-state index in [-0.39, 0.29) is 5.41 Å². The number of pyridine rings is 1. The molecule has 6 rings (SSSR count). The molecule has 2 aromatic carbocycles. The van der Waals surface area contributed by atoms with Gasteiger partial charge in [-0.1, -0.05) is 36.4 Å². The average molecular weight is 425 g/mol. The van der Waals surface area contributed by atoms with Gasteiger partial charge in [0.05, 0.1) is 10.9 Å². The van der Waals surface area contributed by atoms with Gasteiger partial charge in [0.1, 0.15) is 5.82 Å². The van der Waals surface area contributed by atoms with Crippen LogP contribution in [0.15, 0.2) is 66.9 Å². The molecule has 0 saturated carbocycles. The highest BCUT2D eigenvalue weighted by atomic mass is 16.2. The van der Waals surface area contributed by atoms with Crippen molar-refractivity contribution in [1.82, 2.24) is 14.9 Å². The third kappa shape index (κ3) is 3.24. The van der Waals surface area contributed by atoms with E-state index in [0.717, 1.165) is 62.2 Å². The molecule has 0 radical (unpaired) electrons. The normalized spacial score (nSPS) is 18.7. The molecule has 2 aliphatic heterocycles. The molecule has 1 N–H and O–H groups in total. The van der Waals surface area contributed by atoms with Crippen molar-refractivity contribution in [3.05, 3.63) is 72.4 Å². The Hall–Kier alpha value is -3.34. The molecule has 2 aromatic heterocycles. The summed E-state index contributed by atoms with van der Waals surface area (Å²) in [5.41, 5.74) is 3.17. The molecule has 4 heterocycles. The SMILES string of the molecule is O=C1N(Cc2c[nH]c3ccccc23)CCCC12CCN(c1ccc3ccccc3n1)CC2. The summed E-state index contributed by atoms with van der Waals surface area (Å²) in [5, 5.41) is 2.39. The van der Waals surface area contributed by atoms with Gasteiger partial charge in [0.25, 0.3) is 0 Å². The summed E-state index contributed by atoms with van der Waals surface area (Å²) in [7, 11) is 0. The molecule has 0 atom stereocenters. The fourth-order valence-electron chi connectivity index (χ4n) is 5.63. The number of aromatic amines is 1. The van der Waals surface area contributed by atoms with E-state index in [4.69, 9.17) is 4.98 Å². The van der Waals surface area contributed by atoms with Gasteiger partial charge in [0.15, 0.2) is 0 Å². The second kappa shape index (κ2) is 7.66. The van der Waals surface area contributed by atoms with Gasteiger partial charge in [0, 0.05) is 48.7 Å². The van der Waals surface area contributed by atoms with Crippen LogP contribution in [0.3, 0.4) is 0 Å². The molecule has 1 amide bonds. The summed E-state index contributed by atoms with van der Waals surface area (Å²) < 4.78 is 0. The molecule has 5 nitrogen and oxygen atoms in total. The van der Waals surface area contributed by atoms with E-state index in [0.29, 0.717) is 12.5 Å². The highest BCUT2D eigenvalue weighted by Crippen LogP contribution is 2.42. The first-order chi connectivity index (χ1) is 15.7. The third-order valence-corrected chi connectivity index (χ3v) is 7.49. The number of nitrogens with zero attached hydrogens (tertiary/aromatic N) is 3. The fourth-order valence-corrected chi connectivity index (χ4v) is 5.63. The molecular formula is C27H28N4O. The number of hydrogen-bond donors (Lipinski definition) is 1. The van der Waals surface area contributed by atoms with Gasteiger partial charge < -0.3 is 14.8 Å². The van der Waals surface area contributed by atoms with E-state index < -0.39 is 0 Å². The Morgan fingerprint density at radius 2 is 1.72 bits per heavy atom. The number of piperidine rings is 2. The number of likely N-dealkylation sites (tertiary alicyclic amines) is 1. The van der Waals surface area contributed by atoms with Crippen LogP contribution in [0.2, 0.25) is 0 Å². The maximum absolute atomic E-state index is 13.7. The van der Waals surface area contributed by atoms with Gasteiger partial charge in [-0.05, 0) is 55.5 Å². The van der Waals surface area contributed by atoms with Crippen LogP contribution >= 0.6 is 0 Å². The van der Waals surface area contributed by atoms with E-state index in [9.17, 15) is 4.79 Å². The van der Waals surface area contributed by atoms with Crippen molar-refractivity contribution in [2.24, 2.45) is 5.41 Å². The lowest BCUT2D eigenvalue weighted by Gasteiger charge is -2.46. The number of carbonyl (C=O) groups is 1. The second-order valence-electron chi connectivity index (χ2n) is 9.32. The number of hydrogen-bond acceptors (Lipinski definition) is 3. The molecule has 4 aromatic rings. The first-order valence-corrected chi connectivity index (χ1v) is 11.7. The predicted octanol–water partition coefficient (Wildman–Crippen LogP) is 5.13. The zero-order chi connectivity index (χ0) is 21.5. The highest BCUT2D eigenvalue weighted by Gasteiger charge is 2.45. The van der Waals surface area contributed by atoms with Crippen molar-refractivity contribution in [2.75, 3.05) is 24.5 Å². The van der Waals surface area contributed by atoms with Crippen LogP contribution in [0, 0.1) is 5.41 Å². The monoisotopic (exact) mass is 424 g/mol. The third-order valence-electron chi connectivity index (χ3n) is 7.49. The minimum Gasteiger partial charge on any atom is -0.361 e. The number of fused-ring (bicyclic) bond motifs is 2. The van der Waals surface area contributed by atoms with E-state index in [1.807, 2.05) is 18.2 Å². The van der Waals surface area contributed by atoms with Gasteiger partial charge in [-0.2, -0.15) is 0 Å². The van der Waals surface area contributed by atoms with Crippen LogP contribution in [0.5, 0.6) is 0 Å². The minimum atomic E-state index is -0.211. The number of para-hydroxylation sites is 2. The molecule has 5 heteroatoms. The summed E-state index contributed by atoms with van der Waals surface area (Å²) in [6.07, 6.45) is 5.97. The van der Waals surface area contributed by atoms with Crippen LogP contribution in [-0.4, -0.2) is 40.4 Å². The molecule has 0 bridgehead atoms. The first-order valence-electron chi connectivity index (χ1n) is 11.7. The molecule has 0 unspecified atom stereocenters. The Bertz CT molecular complexity index is 1290. The van der Waals surface area contributed by atoms with Gasteiger partial charge >= 0.3 is 0 Å². The molecule has 2 fully saturated rings. The Labute approximate surface area is 188 Å². The lowest BCUT2D eigenvalue weighted by molar-refractivity contribution is -0.148. The zero-order valence-corrected chi connectivity index (χ0v) is 18.3. The lowest BCUT2D eigenvalue weighted by Crippen LogP contribution is -2.53. The Kier molecular flexibility index (Phi) is 4.63. The number of aromatic nitrogens is 2. The highest BCUT2D eigenvalue weighted by molar-refractivity contribution is 5.86. The van der Waals surface area contributed by atoms with E-state index in [1.165, 1.54) is 16.3 Å². The number of amides is 1.